The van der Waals surface area contributed by atoms with Crippen LogP contribution in [0.2, 0.25) is 5.02 Å². The molecule has 1 aromatic rings. The fraction of sp³-hybridized carbons (Fsp3) is 0.143. The quantitative estimate of drug-likeness (QED) is 0.578. The van der Waals surface area contributed by atoms with E-state index in [9.17, 15) is 4.39 Å². The molecular weight excluding hydrogens is 153 g/mol. The number of nitrogen functional groups attached to an aromatic ring is 1. The predicted octanol–water partition coefficient (Wildman–Crippen LogP) is 2.37. The van der Waals surface area contributed by atoms with Crippen LogP contribution < -0.4 is 5.73 Å². The number of hydrogen-bond acceptors (Lipinski definition) is 1. The van der Waals surface area contributed by atoms with Crippen LogP contribution in [0.25, 0.3) is 0 Å². The molecule has 3 heteroatoms. The van der Waals surface area contributed by atoms with Crippen molar-refractivity contribution >= 4 is 17.3 Å². The molecule has 10 heavy (non-hydrogen) atoms. The largest absolute Gasteiger partial charge is 0.398 e. The second-order valence-electron chi connectivity index (χ2n) is 2.08. The summed E-state index contributed by atoms with van der Waals surface area (Å²) in [6.07, 6.45) is 0. The monoisotopic (exact) mass is 159 g/mol. The minimum Gasteiger partial charge on any atom is -0.398 e. The van der Waals surface area contributed by atoms with E-state index < -0.39 is 5.82 Å². The summed E-state index contributed by atoms with van der Waals surface area (Å²) < 4.78 is 12.6. The van der Waals surface area contributed by atoms with E-state index in [2.05, 4.69) is 0 Å². The Hall–Kier alpha value is -0.760. The van der Waals surface area contributed by atoms with Crippen LogP contribution in [0.4, 0.5) is 10.1 Å². The molecule has 1 rings (SSSR count). The number of rotatable bonds is 0. The lowest BCUT2D eigenvalue weighted by Gasteiger charge is -2.01. The van der Waals surface area contributed by atoms with Crippen molar-refractivity contribution in [3.8, 4) is 0 Å². The van der Waals surface area contributed by atoms with Crippen molar-refractivity contribution in [1.82, 2.24) is 0 Å². The Kier molecular flexibility index (Phi) is 1.81. The summed E-state index contributed by atoms with van der Waals surface area (Å²) in [5.41, 5.74) is 6.56. The van der Waals surface area contributed by atoms with Crippen LogP contribution in [0, 0.1) is 12.7 Å². The van der Waals surface area contributed by atoms with Gasteiger partial charge in [-0.15, -0.1) is 0 Å². The van der Waals surface area contributed by atoms with Gasteiger partial charge in [-0.1, -0.05) is 11.6 Å². The van der Waals surface area contributed by atoms with Gasteiger partial charge >= 0.3 is 0 Å². The average molecular weight is 160 g/mol. The van der Waals surface area contributed by atoms with E-state index in [0.717, 1.165) is 0 Å². The highest BCUT2D eigenvalue weighted by molar-refractivity contribution is 6.31. The van der Waals surface area contributed by atoms with Gasteiger partial charge in [0.15, 0.2) is 0 Å². The van der Waals surface area contributed by atoms with Crippen molar-refractivity contribution in [2.45, 2.75) is 6.92 Å². The summed E-state index contributed by atoms with van der Waals surface area (Å²) in [6, 6.07) is 2.75. The van der Waals surface area contributed by atoms with Crippen molar-refractivity contribution < 1.29 is 4.39 Å². The van der Waals surface area contributed by atoms with Crippen LogP contribution in [0.3, 0.4) is 0 Å². The number of halogens is 2. The van der Waals surface area contributed by atoms with E-state index in [-0.39, 0.29) is 5.02 Å². The second kappa shape index (κ2) is 2.46. The summed E-state index contributed by atoms with van der Waals surface area (Å²) in [6.45, 7) is 1.68. The highest BCUT2D eigenvalue weighted by atomic mass is 35.5. The Bertz CT molecular complexity index is 233. The van der Waals surface area contributed by atoms with Gasteiger partial charge in [-0.2, -0.15) is 0 Å². The van der Waals surface area contributed by atoms with Crippen molar-refractivity contribution in [2.24, 2.45) is 0 Å². The maximum absolute atomic E-state index is 12.6. The Labute approximate surface area is 63.6 Å². The van der Waals surface area contributed by atoms with Gasteiger partial charge in [0, 0.05) is 5.69 Å². The zero-order chi connectivity index (χ0) is 7.72. The van der Waals surface area contributed by atoms with Crippen LogP contribution in [-0.4, -0.2) is 0 Å². The lowest BCUT2D eigenvalue weighted by Crippen LogP contribution is -1.91. The summed E-state index contributed by atoms with van der Waals surface area (Å²) in [5, 5.41) is 0.111. The van der Waals surface area contributed by atoms with Gasteiger partial charge in [-0.3, -0.25) is 0 Å². The molecule has 0 fully saturated rings. The van der Waals surface area contributed by atoms with E-state index in [1.807, 2.05) is 0 Å². The summed E-state index contributed by atoms with van der Waals surface area (Å²) in [7, 11) is 0. The van der Waals surface area contributed by atoms with Gasteiger partial charge in [0.25, 0.3) is 0 Å². The Balaban J connectivity index is 3.34. The van der Waals surface area contributed by atoms with E-state index >= 15 is 0 Å². The van der Waals surface area contributed by atoms with Crippen molar-refractivity contribution in [2.75, 3.05) is 5.73 Å². The third-order valence-corrected chi connectivity index (χ3v) is 1.85. The maximum Gasteiger partial charge on any atom is 0.142 e. The third kappa shape index (κ3) is 1.07. The van der Waals surface area contributed by atoms with Gasteiger partial charge in [0.1, 0.15) is 5.82 Å². The third-order valence-electron chi connectivity index (χ3n) is 1.38. The molecule has 0 unspecified atom stereocenters. The molecule has 0 spiro atoms. The summed E-state index contributed by atoms with van der Waals surface area (Å²) in [5.74, 6) is -0.423. The highest BCUT2D eigenvalue weighted by Crippen LogP contribution is 2.23. The Morgan fingerprint density at radius 3 is 2.60 bits per heavy atom. The number of benzene rings is 1. The van der Waals surface area contributed by atoms with Crippen molar-refractivity contribution in [3.05, 3.63) is 28.5 Å². The lowest BCUT2D eigenvalue weighted by molar-refractivity contribution is 0.627. The first-order chi connectivity index (χ1) is 4.63. The number of nitrogens with two attached hydrogens (primary N) is 1. The van der Waals surface area contributed by atoms with Gasteiger partial charge in [-0.25, -0.2) is 4.39 Å². The van der Waals surface area contributed by atoms with E-state index in [1.54, 1.807) is 6.92 Å². The van der Waals surface area contributed by atoms with Gasteiger partial charge < -0.3 is 5.73 Å². The number of hydrogen-bond donors (Lipinski definition) is 1. The van der Waals surface area contributed by atoms with E-state index in [0.29, 0.717) is 11.3 Å². The normalized spacial score (nSPS) is 9.90. The molecule has 0 aliphatic rings. The van der Waals surface area contributed by atoms with Crippen LogP contribution in [0.1, 0.15) is 5.56 Å². The van der Waals surface area contributed by atoms with Crippen LogP contribution in [-0.2, 0) is 0 Å². The molecule has 0 aliphatic heterocycles. The van der Waals surface area contributed by atoms with Crippen molar-refractivity contribution in [3.63, 3.8) is 0 Å². The fourth-order valence-electron chi connectivity index (χ4n) is 0.667. The standard InChI is InChI=1S/C7H7ClFN/c1-4-6(10)3-2-5(9)7(4)8/h2-3H,10H2,1H3. The second-order valence-corrected chi connectivity index (χ2v) is 2.45. The summed E-state index contributed by atoms with van der Waals surface area (Å²) in [4.78, 5) is 0. The first-order valence-electron chi connectivity index (χ1n) is 2.83. The molecule has 0 bridgehead atoms. The summed E-state index contributed by atoms with van der Waals surface area (Å²) >= 11 is 5.53. The van der Waals surface area contributed by atoms with Crippen LogP contribution in [0.5, 0.6) is 0 Å². The molecule has 1 nitrogen and oxygen atoms in total. The topological polar surface area (TPSA) is 26.0 Å². The minimum absolute atomic E-state index is 0.111. The molecular formula is C7H7ClFN. The molecule has 2 N–H and O–H groups in total. The average Bonchev–Trinajstić information content (AvgIpc) is 1.93. The lowest BCUT2D eigenvalue weighted by atomic mass is 10.2. The highest BCUT2D eigenvalue weighted by Gasteiger charge is 2.03. The molecule has 0 saturated heterocycles. The van der Waals surface area contributed by atoms with Crippen LogP contribution >= 0.6 is 11.6 Å². The van der Waals surface area contributed by atoms with Crippen molar-refractivity contribution in [1.29, 1.82) is 0 Å². The molecule has 0 heterocycles. The number of anilines is 1. The molecule has 54 valence electrons. The van der Waals surface area contributed by atoms with Gasteiger partial charge in [0.05, 0.1) is 5.02 Å². The molecule has 1 aromatic carbocycles. The first-order valence-corrected chi connectivity index (χ1v) is 3.21. The van der Waals surface area contributed by atoms with Gasteiger partial charge in [0.2, 0.25) is 0 Å². The fourth-order valence-corrected chi connectivity index (χ4v) is 0.839. The molecule has 0 atom stereocenters. The maximum atomic E-state index is 12.6. The van der Waals surface area contributed by atoms with E-state index in [4.69, 9.17) is 17.3 Å². The minimum atomic E-state index is -0.423. The Morgan fingerprint density at radius 1 is 1.50 bits per heavy atom. The molecule has 0 aromatic heterocycles. The smallest absolute Gasteiger partial charge is 0.142 e. The van der Waals surface area contributed by atoms with E-state index in [1.165, 1.54) is 12.1 Å². The predicted molar refractivity (Wildman–Crippen MR) is 40.6 cm³/mol. The molecule has 0 amide bonds. The Morgan fingerprint density at radius 2 is 2.10 bits per heavy atom. The zero-order valence-corrected chi connectivity index (χ0v) is 6.24. The molecule has 0 radical (unpaired) electrons. The molecule has 0 saturated carbocycles. The molecule has 0 aliphatic carbocycles. The SMILES string of the molecule is Cc1c(N)ccc(F)c1Cl. The zero-order valence-electron chi connectivity index (χ0n) is 5.49. The first kappa shape index (κ1) is 7.35. The van der Waals surface area contributed by atoms with Crippen LogP contribution in [0.15, 0.2) is 12.1 Å². The van der Waals surface area contributed by atoms with Gasteiger partial charge in [-0.05, 0) is 24.6 Å².